The predicted molar refractivity (Wildman–Crippen MR) is 89.6 cm³/mol. The topological polar surface area (TPSA) is 23.6 Å². The van der Waals surface area contributed by atoms with Gasteiger partial charge in [-0.1, -0.05) is 31.2 Å². The molecule has 3 nitrogen and oxygen atoms in total. The van der Waals surface area contributed by atoms with E-state index in [4.69, 9.17) is 0 Å². The molecule has 3 heteroatoms. The van der Waals surface area contributed by atoms with Gasteiger partial charge in [0.1, 0.15) is 0 Å². The molecule has 2 aliphatic rings. The van der Waals surface area contributed by atoms with Crippen LogP contribution >= 0.6 is 0 Å². The Morgan fingerprint density at radius 2 is 2.00 bits per heavy atom. The highest BCUT2D eigenvalue weighted by atomic mass is 16.2. The van der Waals surface area contributed by atoms with Crippen LogP contribution in [0.15, 0.2) is 24.3 Å². The molecule has 120 valence electrons. The molecule has 1 unspecified atom stereocenters. The van der Waals surface area contributed by atoms with Crippen LogP contribution in [-0.4, -0.2) is 42.4 Å². The van der Waals surface area contributed by atoms with Gasteiger partial charge < -0.3 is 9.80 Å². The summed E-state index contributed by atoms with van der Waals surface area (Å²) in [6, 6.07) is 8.71. The Morgan fingerprint density at radius 3 is 2.73 bits per heavy atom. The number of hydrogen-bond acceptors (Lipinski definition) is 2. The number of hydrogen-bond donors (Lipinski definition) is 0. The quantitative estimate of drug-likeness (QED) is 0.838. The number of carbonyl (C=O) groups excluding carboxylic acids is 1. The molecule has 2 heterocycles. The molecule has 1 saturated heterocycles. The van der Waals surface area contributed by atoms with Gasteiger partial charge in [0, 0.05) is 31.5 Å². The summed E-state index contributed by atoms with van der Waals surface area (Å²) in [5.41, 5.74) is 3.03. The summed E-state index contributed by atoms with van der Waals surface area (Å²) in [4.78, 5) is 17.2. The Kier molecular flexibility index (Phi) is 4.53. The van der Waals surface area contributed by atoms with E-state index in [0.717, 1.165) is 32.5 Å². The van der Waals surface area contributed by atoms with Crippen molar-refractivity contribution < 1.29 is 4.79 Å². The van der Waals surface area contributed by atoms with Crippen molar-refractivity contribution in [2.24, 2.45) is 5.41 Å². The maximum Gasteiger partial charge on any atom is 0.222 e. The fraction of sp³-hybridized carbons (Fsp3) is 0.632. The SMILES string of the molecule is CCCC(=O)N1Cc2ccccc2CC2(CCCN(C)C2)C1. The van der Waals surface area contributed by atoms with Crippen molar-refractivity contribution in [3.05, 3.63) is 35.4 Å². The highest BCUT2D eigenvalue weighted by Crippen LogP contribution is 2.38. The van der Waals surface area contributed by atoms with Gasteiger partial charge in [0.15, 0.2) is 0 Å². The van der Waals surface area contributed by atoms with E-state index in [9.17, 15) is 4.79 Å². The average Bonchev–Trinajstić information content (AvgIpc) is 2.63. The van der Waals surface area contributed by atoms with E-state index in [0.29, 0.717) is 12.3 Å². The molecule has 0 bridgehead atoms. The van der Waals surface area contributed by atoms with Gasteiger partial charge in [-0.05, 0) is 50.4 Å². The molecule has 1 aromatic carbocycles. The van der Waals surface area contributed by atoms with E-state index >= 15 is 0 Å². The smallest absolute Gasteiger partial charge is 0.222 e. The monoisotopic (exact) mass is 300 g/mol. The van der Waals surface area contributed by atoms with E-state index < -0.39 is 0 Å². The summed E-state index contributed by atoms with van der Waals surface area (Å²) in [6.45, 7) is 6.10. The summed E-state index contributed by atoms with van der Waals surface area (Å²) in [7, 11) is 2.22. The van der Waals surface area contributed by atoms with Gasteiger partial charge in [0.25, 0.3) is 0 Å². The Bertz CT molecular complexity index is 542. The Morgan fingerprint density at radius 1 is 1.23 bits per heavy atom. The number of amides is 1. The van der Waals surface area contributed by atoms with Crippen LogP contribution in [0.25, 0.3) is 0 Å². The van der Waals surface area contributed by atoms with Crippen molar-refractivity contribution in [2.45, 2.75) is 45.6 Å². The van der Waals surface area contributed by atoms with E-state index in [1.165, 1.54) is 30.5 Å². The van der Waals surface area contributed by atoms with E-state index in [1.807, 2.05) is 0 Å². The predicted octanol–water partition coefficient (Wildman–Crippen LogP) is 3.08. The zero-order valence-electron chi connectivity index (χ0n) is 14.0. The molecule has 1 fully saturated rings. The highest BCUT2D eigenvalue weighted by molar-refractivity contribution is 5.76. The van der Waals surface area contributed by atoms with Crippen LogP contribution in [0.4, 0.5) is 0 Å². The number of benzene rings is 1. The lowest BCUT2D eigenvalue weighted by molar-refractivity contribution is -0.134. The molecule has 3 rings (SSSR count). The Balaban J connectivity index is 1.93. The minimum atomic E-state index is 0.239. The maximum absolute atomic E-state index is 12.6. The minimum absolute atomic E-state index is 0.239. The third-order valence-electron chi connectivity index (χ3n) is 5.24. The van der Waals surface area contributed by atoms with Gasteiger partial charge in [-0.2, -0.15) is 0 Å². The summed E-state index contributed by atoms with van der Waals surface area (Å²) in [6.07, 6.45) is 5.21. The third-order valence-corrected chi connectivity index (χ3v) is 5.24. The van der Waals surface area contributed by atoms with Crippen LogP contribution in [-0.2, 0) is 17.8 Å². The van der Waals surface area contributed by atoms with Crippen LogP contribution in [0.3, 0.4) is 0 Å². The molecule has 1 spiro atoms. The fourth-order valence-corrected chi connectivity index (χ4v) is 4.29. The lowest BCUT2D eigenvalue weighted by Crippen LogP contribution is -2.49. The van der Waals surface area contributed by atoms with E-state index in [-0.39, 0.29) is 5.41 Å². The summed E-state index contributed by atoms with van der Waals surface area (Å²) in [5.74, 6) is 0.326. The van der Waals surface area contributed by atoms with Crippen molar-refractivity contribution in [3.8, 4) is 0 Å². The van der Waals surface area contributed by atoms with Gasteiger partial charge >= 0.3 is 0 Å². The molecule has 0 saturated carbocycles. The van der Waals surface area contributed by atoms with Crippen molar-refractivity contribution in [2.75, 3.05) is 26.7 Å². The van der Waals surface area contributed by atoms with Crippen molar-refractivity contribution in [1.82, 2.24) is 9.80 Å². The fourth-order valence-electron chi connectivity index (χ4n) is 4.29. The molecule has 0 aromatic heterocycles. The first-order valence-corrected chi connectivity index (χ1v) is 8.65. The van der Waals surface area contributed by atoms with Crippen LogP contribution < -0.4 is 0 Å². The molecular weight excluding hydrogens is 272 g/mol. The number of likely N-dealkylation sites (tertiary alicyclic amines) is 1. The van der Waals surface area contributed by atoms with Crippen LogP contribution in [0.2, 0.25) is 0 Å². The summed E-state index contributed by atoms with van der Waals surface area (Å²) >= 11 is 0. The van der Waals surface area contributed by atoms with Crippen LogP contribution in [0.1, 0.15) is 43.7 Å². The Hall–Kier alpha value is -1.35. The highest BCUT2D eigenvalue weighted by Gasteiger charge is 2.39. The molecule has 0 N–H and O–H groups in total. The molecule has 1 atom stereocenters. The van der Waals surface area contributed by atoms with Gasteiger partial charge in [-0.15, -0.1) is 0 Å². The van der Waals surface area contributed by atoms with Gasteiger partial charge in [0.2, 0.25) is 5.91 Å². The standard InChI is InChI=1S/C19H28N2O/c1-3-7-18(22)21-13-17-9-5-4-8-16(17)12-19(15-21)10-6-11-20(2)14-19/h4-5,8-9H,3,6-7,10-15H2,1-2H3. The normalized spacial score (nSPS) is 25.8. The average molecular weight is 300 g/mol. The molecular formula is C19H28N2O. The van der Waals surface area contributed by atoms with E-state index in [1.54, 1.807) is 0 Å². The second kappa shape index (κ2) is 6.41. The first-order valence-electron chi connectivity index (χ1n) is 8.65. The zero-order chi connectivity index (χ0) is 15.6. The molecule has 1 aromatic rings. The Labute approximate surface area is 134 Å². The largest absolute Gasteiger partial charge is 0.338 e. The van der Waals surface area contributed by atoms with Crippen molar-refractivity contribution >= 4 is 5.91 Å². The van der Waals surface area contributed by atoms with Crippen LogP contribution in [0, 0.1) is 5.41 Å². The number of nitrogens with zero attached hydrogens (tertiary/aromatic N) is 2. The first-order chi connectivity index (χ1) is 10.6. The summed E-state index contributed by atoms with van der Waals surface area (Å²) in [5, 5.41) is 0. The molecule has 22 heavy (non-hydrogen) atoms. The number of fused-ring (bicyclic) bond motifs is 1. The molecule has 0 aliphatic carbocycles. The zero-order valence-corrected chi connectivity index (χ0v) is 14.0. The van der Waals surface area contributed by atoms with Crippen LogP contribution in [0.5, 0.6) is 0 Å². The molecule has 2 aliphatic heterocycles. The number of piperidine rings is 1. The second-order valence-electron chi connectivity index (χ2n) is 7.29. The van der Waals surface area contributed by atoms with Gasteiger partial charge in [0.05, 0.1) is 0 Å². The lowest BCUT2D eigenvalue weighted by Gasteiger charge is -2.43. The van der Waals surface area contributed by atoms with Crippen molar-refractivity contribution in [1.29, 1.82) is 0 Å². The van der Waals surface area contributed by atoms with E-state index in [2.05, 4.69) is 48.0 Å². The maximum atomic E-state index is 12.6. The lowest BCUT2D eigenvalue weighted by atomic mass is 9.75. The molecule has 1 amide bonds. The minimum Gasteiger partial charge on any atom is -0.338 e. The third kappa shape index (κ3) is 3.19. The van der Waals surface area contributed by atoms with Crippen molar-refractivity contribution in [3.63, 3.8) is 0 Å². The number of carbonyl (C=O) groups is 1. The summed E-state index contributed by atoms with van der Waals surface area (Å²) < 4.78 is 0. The first kappa shape index (κ1) is 15.5. The van der Waals surface area contributed by atoms with Gasteiger partial charge in [-0.25, -0.2) is 0 Å². The van der Waals surface area contributed by atoms with Gasteiger partial charge in [-0.3, -0.25) is 4.79 Å². The second-order valence-corrected chi connectivity index (χ2v) is 7.29. The molecule has 0 radical (unpaired) electrons. The number of rotatable bonds is 2.